The smallest absolute Gasteiger partial charge is 0.310 e. The first-order valence-corrected chi connectivity index (χ1v) is 7.51. The second kappa shape index (κ2) is 6.38. The van der Waals surface area contributed by atoms with Gasteiger partial charge in [0.05, 0.1) is 28.1 Å². The third-order valence-corrected chi connectivity index (χ3v) is 4.60. The van der Waals surface area contributed by atoms with Crippen molar-refractivity contribution in [1.82, 2.24) is 9.55 Å². The van der Waals surface area contributed by atoms with E-state index < -0.39 is 11.9 Å². The largest absolute Gasteiger partial charge is 0.481 e. The van der Waals surface area contributed by atoms with Crippen LogP contribution in [0.2, 0.25) is 0 Å². The first-order chi connectivity index (χ1) is 9.90. The number of carboxylic acid groups (broad SMARTS) is 1. The fourth-order valence-corrected chi connectivity index (χ4v) is 2.36. The zero-order valence-corrected chi connectivity index (χ0v) is 13.9. The molecule has 0 saturated carbocycles. The van der Waals surface area contributed by atoms with Gasteiger partial charge < -0.3 is 5.11 Å². The Kier molecular flexibility index (Phi) is 4.76. The van der Waals surface area contributed by atoms with Gasteiger partial charge in [-0.25, -0.2) is 4.98 Å². The molecule has 2 aromatic rings. The number of carboxylic acids is 1. The van der Waals surface area contributed by atoms with E-state index >= 15 is 0 Å². The van der Waals surface area contributed by atoms with Crippen molar-refractivity contribution < 1.29 is 9.90 Å². The molecule has 1 unspecified atom stereocenters. The summed E-state index contributed by atoms with van der Waals surface area (Å²) >= 11 is 2.00. The summed E-state index contributed by atoms with van der Waals surface area (Å²) < 4.78 is 2.16. The minimum atomic E-state index is -0.851. The number of benzene rings is 1. The minimum Gasteiger partial charge on any atom is -0.481 e. The van der Waals surface area contributed by atoms with Crippen LogP contribution in [-0.4, -0.2) is 20.6 Å². The molecule has 0 aliphatic heterocycles. The third kappa shape index (κ3) is 3.49. The molecule has 5 nitrogen and oxygen atoms in total. The first-order valence-electron chi connectivity index (χ1n) is 6.43. The van der Waals surface area contributed by atoms with E-state index in [1.165, 1.54) is 6.33 Å². The Hall–Kier alpha value is -1.70. The predicted molar refractivity (Wildman–Crippen MR) is 87.5 cm³/mol. The number of carbonyl (C=O) groups is 1. The highest BCUT2D eigenvalue weighted by molar-refractivity contribution is 14.1. The molecule has 0 aliphatic rings. The minimum absolute atomic E-state index is 0.0638. The number of nitrogens with zero attached hydrogens (tertiary/aromatic N) is 2. The van der Waals surface area contributed by atoms with Crippen molar-refractivity contribution in [3.05, 3.63) is 61.3 Å². The van der Waals surface area contributed by atoms with Gasteiger partial charge in [0, 0.05) is 0 Å². The van der Waals surface area contributed by atoms with Gasteiger partial charge in [-0.3, -0.25) is 14.2 Å². The molecule has 6 heteroatoms. The summed E-state index contributed by atoms with van der Waals surface area (Å²) in [5.74, 6) is -1.39. The van der Waals surface area contributed by atoms with Crippen LogP contribution in [0.25, 0.3) is 0 Å². The van der Waals surface area contributed by atoms with Gasteiger partial charge in [0.1, 0.15) is 0 Å². The van der Waals surface area contributed by atoms with Crippen molar-refractivity contribution >= 4 is 28.6 Å². The standard InChI is InChI=1S/C15H15IN2O3/c1-9(15(20)21)12-5-3-11(4-6-12)7-18-8-17-10(2)13(16)14(18)19/h3-6,8-9H,7H2,1-2H3,(H,20,21). The lowest BCUT2D eigenvalue weighted by molar-refractivity contribution is -0.138. The van der Waals surface area contributed by atoms with E-state index in [0.29, 0.717) is 10.1 Å². The van der Waals surface area contributed by atoms with Gasteiger partial charge in [-0.2, -0.15) is 0 Å². The molecule has 1 aromatic heterocycles. The highest BCUT2D eigenvalue weighted by Crippen LogP contribution is 2.16. The molecule has 0 radical (unpaired) electrons. The van der Waals surface area contributed by atoms with Gasteiger partial charge in [0.2, 0.25) is 0 Å². The molecule has 1 heterocycles. The molecule has 2 rings (SSSR count). The Morgan fingerprint density at radius 2 is 2.00 bits per heavy atom. The molecule has 1 N–H and O–H groups in total. The SMILES string of the molecule is Cc1ncn(Cc2ccc(C(C)C(=O)O)cc2)c(=O)c1I. The van der Waals surface area contributed by atoms with E-state index in [-0.39, 0.29) is 5.56 Å². The van der Waals surface area contributed by atoms with Crippen LogP contribution in [0.15, 0.2) is 35.4 Å². The van der Waals surface area contributed by atoms with Crippen LogP contribution in [0.5, 0.6) is 0 Å². The highest BCUT2D eigenvalue weighted by atomic mass is 127. The zero-order valence-electron chi connectivity index (χ0n) is 11.7. The van der Waals surface area contributed by atoms with Gasteiger partial charge in [-0.15, -0.1) is 0 Å². The number of aryl methyl sites for hydroxylation is 1. The number of halogens is 1. The van der Waals surface area contributed by atoms with E-state index in [9.17, 15) is 9.59 Å². The summed E-state index contributed by atoms with van der Waals surface area (Å²) in [6.45, 7) is 3.87. The summed E-state index contributed by atoms with van der Waals surface area (Å²) in [5, 5.41) is 8.98. The Labute approximate surface area is 135 Å². The van der Waals surface area contributed by atoms with Crippen molar-refractivity contribution in [2.75, 3.05) is 0 Å². The molecule has 0 bridgehead atoms. The average molecular weight is 398 g/mol. The fraction of sp³-hybridized carbons (Fsp3) is 0.267. The lowest BCUT2D eigenvalue weighted by Crippen LogP contribution is -2.24. The topological polar surface area (TPSA) is 72.2 Å². The van der Waals surface area contributed by atoms with E-state index in [2.05, 4.69) is 4.98 Å². The maximum Gasteiger partial charge on any atom is 0.310 e. The summed E-state index contributed by atoms with van der Waals surface area (Å²) in [6.07, 6.45) is 1.54. The van der Waals surface area contributed by atoms with Gasteiger partial charge in [0.25, 0.3) is 5.56 Å². The Balaban J connectivity index is 2.24. The normalized spacial score (nSPS) is 12.1. The molecule has 0 aliphatic carbocycles. The monoisotopic (exact) mass is 398 g/mol. The quantitative estimate of drug-likeness (QED) is 0.803. The average Bonchev–Trinajstić information content (AvgIpc) is 2.48. The summed E-state index contributed by atoms with van der Waals surface area (Å²) in [6, 6.07) is 7.25. The number of rotatable bonds is 4. The van der Waals surface area contributed by atoms with Gasteiger partial charge in [-0.1, -0.05) is 24.3 Å². The molecule has 0 fully saturated rings. The van der Waals surface area contributed by atoms with Gasteiger partial charge in [0.15, 0.2) is 0 Å². The van der Waals surface area contributed by atoms with Crippen molar-refractivity contribution in [2.45, 2.75) is 26.3 Å². The maximum absolute atomic E-state index is 12.1. The van der Waals surface area contributed by atoms with E-state index in [1.807, 2.05) is 34.7 Å². The zero-order chi connectivity index (χ0) is 15.6. The van der Waals surface area contributed by atoms with E-state index in [4.69, 9.17) is 5.11 Å². The fourth-order valence-electron chi connectivity index (χ4n) is 1.91. The van der Waals surface area contributed by atoms with Crippen molar-refractivity contribution in [1.29, 1.82) is 0 Å². The van der Waals surface area contributed by atoms with Crippen LogP contribution in [-0.2, 0) is 11.3 Å². The lowest BCUT2D eigenvalue weighted by atomic mass is 10.00. The molecule has 21 heavy (non-hydrogen) atoms. The molecule has 110 valence electrons. The second-order valence-electron chi connectivity index (χ2n) is 4.88. The summed E-state index contributed by atoms with van der Waals surface area (Å²) in [4.78, 5) is 27.2. The van der Waals surface area contributed by atoms with Crippen LogP contribution in [0.1, 0.15) is 29.7 Å². The van der Waals surface area contributed by atoms with E-state index in [0.717, 1.165) is 16.8 Å². The molecule has 1 aromatic carbocycles. The van der Waals surface area contributed by atoms with Crippen LogP contribution >= 0.6 is 22.6 Å². The van der Waals surface area contributed by atoms with E-state index in [1.54, 1.807) is 30.5 Å². The van der Waals surface area contributed by atoms with Crippen LogP contribution in [0, 0.1) is 10.5 Å². The highest BCUT2D eigenvalue weighted by Gasteiger charge is 2.13. The number of hydrogen-bond acceptors (Lipinski definition) is 3. The van der Waals surface area contributed by atoms with Crippen molar-refractivity contribution in [3.8, 4) is 0 Å². The Morgan fingerprint density at radius 3 is 2.57 bits per heavy atom. The number of aromatic nitrogens is 2. The first kappa shape index (κ1) is 15.7. The lowest BCUT2D eigenvalue weighted by Gasteiger charge is -2.10. The summed E-state index contributed by atoms with van der Waals surface area (Å²) in [7, 11) is 0. The Morgan fingerprint density at radius 1 is 1.38 bits per heavy atom. The Bertz CT molecular complexity index is 723. The van der Waals surface area contributed by atoms with Gasteiger partial charge in [-0.05, 0) is 47.6 Å². The molecule has 0 saturated heterocycles. The predicted octanol–water partition coefficient (Wildman–Crippen LogP) is 2.39. The van der Waals surface area contributed by atoms with Gasteiger partial charge >= 0.3 is 5.97 Å². The van der Waals surface area contributed by atoms with Crippen molar-refractivity contribution in [3.63, 3.8) is 0 Å². The molecular weight excluding hydrogens is 383 g/mol. The van der Waals surface area contributed by atoms with Crippen LogP contribution in [0.3, 0.4) is 0 Å². The second-order valence-corrected chi connectivity index (χ2v) is 5.96. The molecule has 0 amide bonds. The molecule has 0 spiro atoms. The number of aliphatic carboxylic acids is 1. The van der Waals surface area contributed by atoms with Crippen LogP contribution < -0.4 is 5.56 Å². The van der Waals surface area contributed by atoms with Crippen molar-refractivity contribution in [2.24, 2.45) is 0 Å². The third-order valence-electron chi connectivity index (χ3n) is 3.36. The van der Waals surface area contributed by atoms with Crippen LogP contribution in [0.4, 0.5) is 0 Å². The maximum atomic E-state index is 12.1. The summed E-state index contributed by atoms with van der Waals surface area (Å²) in [5.41, 5.74) is 2.34. The molecule has 1 atom stereocenters. The molecular formula is C15H15IN2O3. The number of hydrogen-bond donors (Lipinski definition) is 1.